The van der Waals surface area contributed by atoms with E-state index in [0.717, 1.165) is 20.9 Å². The first-order chi connectivity index (χ1) is 9.80. The van der Waals surface area contributed by atoms with Gasteiger partial charge < -0.3 is 0 Å². The molecule has 0 heterocycles. The molecule has 0 saturated carbocycles. The van der Waals surface area contributed by atoms with Gasteiger partial charge in [0.25, 0.3) is 0 Å². The molecule has 0 atom stereocenters. The van der Waals surface area contributed by atoms with Crippen molar-refractivity contribution in [3.63, 3.8) is 0 Å². The van der Waals surface area contributed by atoms with E-state index in [2.05, 4.69) is 70.7 Å². The van der Waals surface area contributed by atoms with Crippen LogP contribution < -0.4 is 0 Å². The van der Waals surface area contributed by atoms with Gasteiger partial charge in [-0.15, -0.1) is 25.3 Å². The lowest BCUT2D eigenvalue weighted by atomic mass is 9.85. The van der Waals surface area contributed by atoms with E-state index < -0.39 is 0 Å². The summed E-state index contributed by atoms with van der Waals surface area (Å²) in [5.41, 5.74) is 4.89. The average Bonchev–Trinajstić information content (AvgIpc) is 2.46. The van der Waals surface area contributed by atoms with E-state index in [4.69, 9.17) is 12.6 Å². The highest BCUT2D eigenvalue weighted by Crippen LogP contribution is 2.35. The van der Waals surface area contributed by atoms with Crippen molar-refractivity contribution in [2.45, 2.75) is 33.1 Å². The van der Waals surface area contributed by atoms with E-state index >= 15 is 0 Å². The van der Waals surface area contributed by atoms with E-state index in [1.807, 2.05) is 18.2 Å². The predicted molar refractivity (Wildman–Crippen MR) is 101 cm³/mol. The summed E-state index contributed by atoms with van der Waals surface area (Å²) >= 11 is 9.43. The molecule has 0 fully saturated rings. The molecule has 0 aliphatic carbocycles. The molecule has 2 rings (SSSR count). The Labute approximate surface area is 139 Å². The minimum Gasteiger partial charge on any atom is -0.142 e. The van der Waals surface area contributed by atoms with E-state index in [0.29, 0.717) is 0 Å². The van der Waals surface area contributed by atoms with Gasteiger partial charge >= 0.3 is 0 Å². The molecule has 110 valence electrons. The average molecular weight is 315 g/mol. The maximum atomic E-state index is 4.74. The lowest BCUT2D eigenvalue weighted by Gasteiger charge is -2.21. The molecule has 21 heavy (non-hydrogen) atoms. The summed E-state index contributed by atoms with van der Waals surface area (Å²) in [5, 5.41) is 0. The maximum absolute atomic E-state index is 4.74. The summed E-state index contributed by atoms with van der Waals surface area (Å²) < 4.78 is 0. The summed E-state index contributed by atoms with van der Waals surface area (Å²) in [6.07, 6.45) is 0. The molecular formula is C19H22S2. The van der Waals surface area contributed by atoms with Crippen molar-refractivity contribution in [3.05, 3.63) is 70.8 Å². The van der Waals surface area contributed by atoms with Gasteiger partial charge in [-0.25, -0.2) is 0 Å². The number of aryl methyl sites for hydroxylation is 1. The van der Waals surface area contributed by atoms with Gasteiger partial charge in [0.1, 0.15) is 0 Å². The number of hydrogen-bond acceptors (Lipinski definition) is 2. The second kappa shape index (κ2) is 6.33. The van der Waals surface area contributed by atoms with Crippen molar-refractivity contribution in [2.75, 3.05) is 0 Å². The Morgan fingerprint density at radius 3 is 2.05 bits per heavy atom. The van der Waals surface area contributed by atoms with Gasteiger partial charge in [0.2, 0.25) is 0 Å². The number of rotatable bonds is 2. The van der Waals surface area contributed by atoms with Gasteiger partial charge in [-0.2, -0.15) is 0 Å². The van der Waals surface area contributed by atoms with Crippen LogP contribution >= 0.6 is 25.3 Å². The summed E-state index contributed by atoms with van der Waals surface area (Å²) in [6, 6.07) is 16.8. The van der Waals surface area contributed by atoms with E-state index in [-0.39, 0.29) is 5.41 Å². The van der Waals surface area contributed by atoms with Crippen molar-refractivity contribution in [3.8, 4) is 0 Å². The summed E-state index contributed by atoms with van der Waals surface area (Å²) in [7, 11) is 0. The van der Waals surface area contributed by atoms with Crippen molar-refractivity contribution in [2.24, 2.45) is 0 Å². The molecule has 0 aliphatic rings. The van der Waals surface area contributed by atoms with E-state index in [1.54, 1.807) is 0 Å². The molecule has 0 amide bonds. The number of hydrogen-bond donors (Lipinski definition) is 2. The van der Waals surface area contributed by atoms with E-state index in [1.165, 1.54) is 11.1 Å². The summed E-state index contributed by atoms with van der Waals surface area (Å²) in [6.45, 7) is 8.79. The standard InChI is InChI=1S/C19H22S2/c1-13-10-11-15(19(2,3)4)12-16(13)18(21)17(20)14-8-6-5-7-9-14/h5-12,20-21H,1-4H3. The Bertz CT molecular complexity index is 662. The molecule has 0 aromatic heterocycles. The zero-order valence-electron chi connectivity index (χ0n) is 13.0. The molecule has 0 aliphatic heterocycles. The second-order valence-electron chi connectivity index (χ2n) is 6.34. The summed E-state index contributed by atoms with van der Waals surface area (Å²) in [4.78, 5) is 1.83. The Kier molecular flexibility index (Phi) is 4.90. The normalized spacial score (nSPS) is 13.0. The van der Waals surface area contributed by atoms with Gasteiger partial charge in [0.05, 0.1) is 0 Å². The van der Waals surface area contributed by atoms with E-state index in [9.17, 15) is 0 Å². The third kappa shape index (κ3) is 3.75. The molecule has 0 radical (unpaired) electrons. The van der Waals surface area contributed by atoms with Gasteiger partial charge in [-0.05, 0) is 40.7 Å². The first kappa shape index (κ1) is 16.3. The smallest absolute Gasteiger partial charge is 0.0255 e. The minimum absolute atomic E-state index is 0.125. The van der Waals surface area contributed by atoms with Crippen molar-refractivity contribution in [1.29, 1.82) is 0 Å². The van der Waals surface area contributed by atoms with Gasteiger partial charge in [-0.3, -0.25) is 0 Å². The van der Waals surface area contributed by atoms with Crippen LogP contribution in [-0.4, -0.2) is 0 Å². The van der Waals surface area contributed by atoms with Crippen LogP contribution in [0.5, 0.6) is 0 Å². The van der Waals surface area contributed by atoms with Crippen LogP contribution in [0.25, 0.3) is 9.81 Å². The van der Waals surface area contributed by atoms with Crippen molar-refractivity contribution >= 4 is 35.1 Å². The topological polar surface area (TPSA) is 0 Å². The molecule has 0 saturated heterocycles. The molecule has 2 heteroatoms. The third-order valence-corrected chi connectivity index (χ3v) is 4.75. The van der Waals surface area contributed by atoms with Crippen LogP contribution in [0.4, 0.5) is 0 Å². The SMILES string of the molecule is Cc1ccc(C(C)(C)C)cc1C(S)=C(S)c1ccccc1. The zero-order chi connectivity index (χ0) is 15.6. The molecule has 2 aromatic carbocycles. The van der Waals surface area contributed by atoms with Crippen LogP contribution in [0.1, 0.15) is 43.0 Å². The fourth-order valence-electron chi connectivity index (χ4n) is 2.20. The Morgan fingerprint density at radius 2 is 1.48 bits per heavy atom. The first-order valence-electron chi connectivity index (χ1n) is 7.10. The highest BCUT2D eigenvalue weighted by atomic mass is 32.1. The zero-order valence-corrected chi connectivity index (χ0v) is 14.8. The van der Waals surface area contributed by atoms with Crippen molar-refractivity contribution in [1.82, 2.24) is 0 Å². The molecule has 0 bridgehead atoms. The van der Waals surface area contributed by atoms with Crippen LogP contribution in [0, 0.1) is 6.92 Å². The van der Waals surface area contributed by atoms with Gasteiger partial charge in [0, 0.05) is 9.81 Å². The molecule has 0 spiro atoms. The lowest BCUT2D eigenvalue weighted by molar-refractivity contribution is 0.590. The molecule has 0 N–H and O–H groups in total. The largest absolute Gasteiger partial charge is 0.142 e. The number of benzene rings is 2. The first-order valence-corrected chi connectivity index (χ1v) is 7.99. The second-order valence-corrected chi connectivity index (χ2v) is 7.24. The fourth-order valence-corrected chi connectivity index (χ4v) is 2.84. The molecule has 2 aromatic rings. The summed E-state index contributed by atoms with van der Waals surface area (Å²) in [5.74, 6) is 0. The fraction of sp³-hybridized carbons (Fsp3) is 0.263. The molecule has 0 nitrogen and oxygen atoms in total. The highest BCUT2D eigenvalue weighted by molar-refractivity contribution is 7.96. The minimum atomic E-state index is 0.125. The molecular weight excluding hydrogens is 292 g/mol. The Morgan fingerprint density at radius 1 is 0.857 bits per heavy atom. The van der Waals surface area contributed by atoms with Crippen LogP contribution in [-0.2, 0) is 5.41 Å². The Hall–Kier alpha value is -1.12. The highest BCUT2D eigenvalue weighted by Gasteiger charge is 2.16. The van der Waals surface area contributed by atoms with Crippen molar-refractivity contribution < 1.29 is 0 Å². The van der Waals surface area contributed by atoms with Gasteiger partial charge in [-0.1, -0.05) is 63.2 Å². The maximum Gasteiger partial charge on any atom is 0.0255 e. The number of thiol groups is 2. The molecule has 0 unspecified atom stereocenters. The quantitative estimate of drug-likeness (QED) is 0.494. The Balaban J connectivity index is 2.55. The monoisotopic (exact) mass is 314 g/mol. The third-order valence-electron chi connectivity index (χ3n) is 3.63. The van der Waals surface area contributed by atoms with Crippen LogP contribution in [0.3, 0.4) is 0 Å². The lowest BCUT2D eigenvalue weighted by Crippen LogP contribution is -2.11. The van der Waals surface area contributed by atoms with Gasteiger partial charge in [0.15, 0.2) is 0 Å². The van der Waals surface area contributed by atoms with Crippen LogP contribution in [0.15, 0.2) is 48.5 Å². The van der Waals surface area contributed by atoms with Crippen LogP contribution in [0.2, 0.25) is 0 Å². The predicted octanol–water partition coefficient (Wildman–Crippen LogP) is 5.98.